The molecule has 0 bridgehead atoms. The Bertz CT molecular complexity index is 1500. The zero-order valence-corrected chi connectivity index (χ0v) is 22.6. The minimum atomic E-state index is 0.0689. The van der Waals surface area contributed by atoms with Crippen LogP contribution in [0.15, 0.2) is 54.6 Å². The predicted molar refractivity (Wildman–Crippen MR) is 144 cm³/mol. The third-order valence-electron chi connectivity index (χ3n) is 4.32. The number of hydrogen-bond donors (Lipinski definition) is 2. The van der Waals surface area contributed by atoms with Gasteiger partial charge in [0.2, 0.25) is 23.6 Å². The maximum Gasteiger partial charge on any atom is 0.343 e. The molecule has 5 aromatic rings. The summed E-state index contributed by atoms with van der Waals surface area (Å²) in [6, 6.07) is 10.2. The van der Waals surface area contributed by atoms with Crippen molar-refractivity contribution in [1.82, 2.24) is 25.4 Å². The molecule has 0 radical (unpaired) electrons. The summed E-state index contributed by atoms with van der Waals surface area (Å²) in [5, 5.41) is 25.9. The molecule has 14 heteroatoms. The van der Waals surface area contributed by atoms with Gasteiger partial charge in [0.15, 0.2) is 5.58 Å². The Morgan fingerprint density at radius 1 is 0.946 bits per heavy atom. The van der Waals surface area contributed by atoms with Crippen LogP contribution >= 0.6 is 35.0 Å². The first kappa shape index (κ1) is 28.0. The van der Waals surface area contributed by atoms with Crippen LogP contribution < -0.4 is 5.73 Å². The van der Waals surface area contributed by atoms with E-state index >= 15 is 0 Å². The lowest BCUT2D eigenvalue weighted by atomic mass is 10.3. The van der Waals surface area contributed by atoms with Crippen LogP contribution in [0.25, 0.3) is 11.1 Å². The third kappa shape index (κ3) is 8.77. The molecular weight excluding hydrogens is 541 g/mol. The van der Waals surface area contributed by atoms with Crippen LogP contribution in [0, 0.1) is 13.8 Å². The molecule has 0 unspecified atom stereocenters. The van der Waals surface area contributed by atoms with E-state index in [2.05, 4.69) is 30.4 Å². The van der Waals surface area contributed by atoms with Crippen molar-refractivity contribution in [2.45, 2.75) is 27.2 Å². The number of phenols is 1. The molecule has 0 saturated heterocycles. The Morgan fingerprint density at radius 3 is 2.22 bits per heavy atom. The molecule has 0 aliphatic carbocycles. The second kappa shape index (κ2) is 13.1. The van der Waals surface area contributed by atoms with Crippen molar-refractivity contribution in [2.24, 2.45) is 4.99 Å². The molecule has 3 N–H and O–H groups in total. The van der Waals surface area contributed by atoms with E-state index in [-0.39, 0.29) is 5.75 Å². The number of rotatable bonds is 3. The summed E-state index contributed by atoms with van der Waals surface area (Å²) >= 11 is 12.9. The van der Waals surface area contributed by atoms with E-state index in [9.17, 15) is 0 Å². The molecule has 0 saturated carbocycles. The Kier molecular flexibility index (Phi) is 9.89. The predicted octanol–water partition coefficient (Wildman–Crippen LogP) is 6.18. The molecule has 2 aromatic carbocycles. The van der Waals surface area contributed by atoms with Gasteiger partial charge in [-0.15, -0.1) is 27.1 Å². The zero-order chi connectivity index (χ0) is 26.9. The molecular formula is C23H23Cl2N7O4S. The van der Waals surface area contributed by atoms with E-state index in [4.69, 9.17) is 47.3 Å². The molecule has 0 fully saturated rings. The van der Waals surface area contributed by atoms with Gasteiger partial charge in [-0.3, -0.25) is 0 Å². The second-order valence-electron chi connectivity index (χ2n) is 7.25. The first-order chi connectivity index (χ1) is 17.6. The van der Waals surface area contributed by atoms with Gasteiger partial charge in [0.25, 0.3) is 0 Å². The maximum absolute atomic E-state index is 8.86. The first-order valence-electron chi connectivity index (χ1n) is 10.6. The van der Waals surface area contributed by atoms with Crippen molar-refractivity contribution in [3.63, 3.8) is 0 Å². The summed E-state index contributed by atoms with van der Waals surface area (Å²) in [6.07, 6.45) is 2.33. The van der Waals surface area contributed by atoms with Crippen LogP contribution in [0.3, 0.4) is 0 Å². The van der Waals surface area contributed by atoms with E-state index in [1.165, 1.54) is 12.1 Å². The number of oxazole rings is 1. The molecule has 0 aliphatic rings. The number of fused-ring (bicyclic) bond motifs is 1. The molecule has 0 aliphatic heterocycles. The Hall–Kier alpha value is -3.61. The maximum atomic E-state index is 8.86. The summed E-state index contributed by atoms with van der Waals surface area (Å²) < 4.78 is 15.8. The molecule has 3 heterocycles. The Balaban J connectivity index is 0.000000165. The fourth-order valence-corrected chi connectivity index (χ4v) is 3.12. The van der Waals surface area contributed by atoms with E-state index in [1.54, 1.807) is 49.9 Å². The standard InChI is InChI=1S/C11H8ClN3O2.C6H6ClNO.C6H9N3OS/c1-6-14-15-11(16-6)5-10-13-8-4-7(12)2-3-9(8)17-10;7-4-1-2-6(9)5(8)3-4;1-4-8-9-6(10-4)7-5(2)11-3/h2-4H,5H2,1H3;1-3,9H,8H2;1-3H3. The quantitative estimate of drug-likeness (QED) is 0.111. The van der Waals surface area contributed by atoms with Crippen LogP contribution in [-0.4, -0.2) is 41.8 Å². The molecule has 194 valence electrons. The van der Waals surface area contributed by atoms with E-state index in [0.717, 1.165) is 10.6 Å². The highest BCUT2D eigenvalue weighted by molar-refractivity contribution is 8.13. The number of aliphatic imine (C=N–C) groups is 1. The molecule has 5 rings (SSSR count). The number of anilines is 1. The van der Waals surface area contributed by atoms with Crippen LogP contribution in [0.1, 0.15) is 30.5 Å². The molecule has 0 amide bonds. The van der Waals surface area contributed by atoms with Crippen molar-refractivity contribution in [3.05, 3.63) is 70.0 Å². The van der Waals surface area contributed by atoms with E-state index in [1.807, 2.05) is 13.2 Å². The van der Waals surface area contributed by atoms with Gasteiger partial charge in [-0.2, -0.15) is 4.99 Å². The van der Waals surface area contributed by atoms with Gasteiger partial charge < -0.3 is 24.1 Å². The lowest BCUT2D eigenvalue weighted by Crippen LogP contribution is -1.87. The van der Waals surface area contributed by atoms with Crippen molar-refractivity contribution in [1.29, 1.82) is 0 Å². The number of nitrogen functional groups attached to an aromatic ring is 1. The topological polar surface area (TPSA) is 162 Å². The highest BCUT2D eigenvalue weighted by atomic mass is 35.5. The average molecular weight is 564 g/mol. The lowest BCUT2D eigenvalue weighted by molar-refractivity contribution is 0.451. The number of aromatic nitrogens is 5. The number of halogens is 2. The normalized spacial score (nSPS) is 11.0. The van der Waals surface area contributed by atoms with Crippen molar-refractivity contribution >= 4 is 62.8 Å². The minimum absolute atomic E-state index is 0.0689. The van der Waals surface area contributed by atoms with E-state index in [0.29, 0.717) is 57.3 Å². The Morgan fingerprint density at radius 2 is 1.62 bits per heavy atom. The van der Waals surface area contributed by atoms with Crippen LogP contribution in [-0.2, 0) is 6.42 Å². The monoisotopic (exact) mass is 563 g/mol. The lowest BCUT2D eigenvalue weighted by Gasteiger charge is -1.95. The second-order valence-corrected chi connectivity index (χ2v) is 9.12. The van der Waals surface area contributed by atoms with Crippen molar-refractivity contribution in [2.75, 3.05) is 12.0 Å². The van der Waals surface area contributed by atoms with Gasteiger partial charge in [-0.25, -0.2) is 4.98 Å². The number of hydrogen-bond acceptors (Lipinski definition) is 12. The summed E-state index contributed by atoms with van der Waals surface area (Å²) in [4.78, 5) is 8.34. The number of thioether (sulfide) groups is 1. The fraction of sp³-hybridized carbons (Fsp3) is 0.217. The highest BCUT2D eigenvalue weighted by Crippen LogP contribution is 2.23. The number of aryl methyl sites for hydroxylation is 2. The number of nitrogens with zero attached hydrogens (tertiary/aromatic N) is 6. The smallest absolute Gasteiger partial charge is 0.343 e. The molecule has 11 nitrogen and oxygen atoms in total. The SMILES string of the molecule is CSC(C)=Nc1nnc(C)o1.Cc1nnc(Cc2nc3cc(Cl)ccc3o2)o1.Nc1cc(Cl)ccc1O. The van der Waals surface area contributed by atoms with Crippen LogP contribution in [0.2, 0.25) is 10.0 Å². The Labute approximate surface area is 226 Å². The molecule has 3 aromatic heterocycles. The van der Waals surface area contributed by atoms with Crippen LogP contribution in [0.4, 0.5) is 11.7 Å². The van der Waals surface area contributed by atoms with Crippen molar-refractivity contribution < 1.29 is 18.4 Å². The van der Waals surface area contributed by atoms with Gasteiger partial charge >= 0.3 is 6.01 Å². The number of nitrogens with two attached hydrogens (primary N) is 1. The third-order valence-corrected chi connectivity index (χ3v) is 5.47. The fourth-order valence-electron chi connectivity index (χ4n) is 2.60. The van der Waals surface area contributed by atoms with Crippen molar-refractivity contribution in [3.8, 4) is 5.75 Å². The first-order valence-corrected chi connectivity index (χ1v) is 12.6. The minimum Gasteiger partial charge on any atom is -0.506 e. The van der Waals surface area contributed by atoms with Gasteiger partial charge in [0.1, 0.15) is 17.7 Å². The summed E-state index contributed by atoms with van der Waals surface area (Å²) in [5.74, 6) is 2.15. The summed E-state index contributed by atoms with van der Waals surface area (Å²) in [6.45, 7) is 5.37. The summed E-state index contributed by atoms with van der Waals surface area (Å²) in [5.41, 5.74) is 7.01. The highest BCUT2D eigenvalue weighted by Gasteiger charge is 2.11. The van der Waals surface area contributed by atoms with Gasteiger partial charge in [-0.1, -0.05) is 28.3 Å². The summed E-state index contributed by atoms with van der Waals surface area (Å²) in [7, 11) is 0. The molecule has 0 atom stereocenters. The average Bonchev–Trinajstić information content (AvgIpc) is 3.57. The number of aromatic hydroxyl groups is 1. The molecule has 37 heavy (non-hydrogen) atoms. The van der Waals surface area contributed by atoms with Gasteiger partial charge in [0.05, 0.1) is 10.7 Å². The number of phenolic OH excluding ortho intramolecular Hbond substituents is 1. The van der Waals surface area contributed by atoms with Gasteiger partial charge in [0, 0.05) is 23.9 Å². The zero-order valence-electron chi connectivity index (χ0n) is 20.3. The van der Waals surface area contributed by atoms with Crippen LogP contribution in [0.5, 0.6) is 5.75 Å². The largest absolute Gasteiger partial charge is 0.506 e. The number of benzene rings is 2. The van der Waals surface area contributed by atoms with E-state index < -0.39 is 0 Å². The molecule has 0 spiro atoms. The van der Waals surface area contributed by atoms with Gasteiger partial charge in [-0.05, 0) is 49.6 Å².